The Labute approximate surface area is 227 Å². The molecule has 39 heavy (non-hydrogen) atoms. The highest BCUT2D eigenvalue weighted by Crippen LogP contribution is 2.40. The van der Waals surface area contributed by atoms with Gasteiger partial charge in [0.1, 0.15) is 12.7 Å². The fourth-order valence-corrected chi connectivity index (χ4v) is 6.21. The van der Waals surface area contributed by atoms with Crippen LogP contribution in [0.3, 0.4) is 0 Å². The van der Waals surface area contributed by atoms with E-state index in [-0.39, 0.29) is 24.4 Å². The van der Waals surface area contributed by atoms with Crippen molar-refractivity contribution in [2.45, 2.75) is 90.2 Å². The topological polar surface area (TPSA) is 99.9 Å². The van der Waals surface area contributed by atoms with Gasteiger partial charge in [-0.15, -0.1) is 11.3 Å². The summed E-state index contributed by atoms with van der Waals surface area (Å²) in [5.74, 6) is -4.02. The maximum atomic E-state index is 15.2. The number of carboxylic acid groups (broad SMARTS) is 1. The van der Waals surface area contributed by atoms with Crippen molar-refractivity contribution in [2.24, 2.45) is 0 Å². The maximum absolute atomic E-state index is 15.2. The Bertz CT molecular complexity index is 1260. The fourth-order valence-electron chi connectivity index (χ4n) is 5.19. The molecule has 1 saturated carbocycles. The minimum absolute atomic E-state index is 0.0683. The molecule has 0 unspecified atom stereocenters. The van der Waals surface area contributed by atoms with Crippen LogP contribution in [-0.4, -0.2) is 67.0 Å². The number of nitrogens with zero attached hydrogens (tertiary/aromatic N) is 4. The van der Waals surface area contributed by atoms with Gasteiger partial charge in [0.15, 0.2) is 0 Å². The van der Waals surface area contributed by atoms with Crippen molar-refractivity contribution in [2.75, 3.05) is 0 Å². The Morgan fingerprint density at radius 1 is 1.33 bits per heavy atom. The predicted molar refractivity (Wildman–Crippen MR) is 136 cm³/mol. The lowest BCUT2D eigenvalue weighted by atomic mass is 9.84. The molecule has 0 saturated heterocycles. The highest BCUT2D eigenvalue weighted by Gasteiger charge is 2.52. The molecule has 9 nitrogen and oxygen atoms in total. The van der Waals surface area contributed by atoms with Crippen LogP contribution in [0.25, 0.3) is 17.2 Å². The number of halogens is 4. The molecular formula is C25H31F4N5O4S. The number of carbonyl (C=O) groups excluding carboxylic acids is 1. The number of alkyl halides is 4. The molecule has 14 heteroatoms. The van der Waals surface area contributed by atoms with Gasteiger partial charge in [0, 0.05) is 34.2 Å². The molecule has 0 radical (unpaired) electrons. The molecule has 0 spiro atoms. The summed E-state index contributed by atoms with van der Waals surface area (Å²) in [5, 5.41) is 17.5. The number of hydrogen-bond donors (Lipinski definition) is 2. The van der Waals surface area contributed by atoms with Gasteiger partial charge in [-0.3, -0.25) is 9.69 Å². The Kier molecular flexibility index (Phi) is 7.99. The second-order valence-corrected chi connectivity index (χ2v) is 11.6. The summed E-state index contributed by atoms with van der Waals surface area (Å²) < 4.78 is 57.0. The van der Waals surface area contributed by atoms with Crippen molar-refractivity contribution in [1.82, 2.24) is 25.1 Å². The average molecular weight is 574 g/mol. The largest absolute Gasteiger partial charge is 0.465 e. The van der Waals surface area contributed by atoms with E-state index in [1.165, 1.54) is 10.9 Å². The number of thiophene rings is 1. The molecule has 2 aromatic heterocycles. The van der Waals surface area contributed by atoms with Crippen molar-refractivity contribution in [3.05, 3.63) is 33.9 Å². The molecule has 0 bridgehead atoms. The SMILES string of the molecule is CCc1sc(C(=O)N[C@@H]2[C@H](N(C(=O)O)C(C)(C)C)CCCC2(F)F)cc1-c1cnn2c1C=CN(OC(F)F)C2. The third-order valence-electron chi connectivity index (χ3n) is 6.81. The Morgan fingerprint density at radius 3 is 2.67 bits per heavy atom. The number of hydroxylamine groups is 2. The Hall–Kier alpha value is -3.13. The van der Waals surface area contributed by atoms with Gasteiger partial charge >= 0.3 is 12.7 Å². The first-order valence-corrected chi connectivity index (χ1v) is 13.3. The smallest absolute Gasteiger partial charge is 0.408 e. The quantitative estimate of drug-likeness (QED) is 0.416. The molecular weight excluding hydrogens is 542 g/mol. The standard InChI is InChI=1S/C25H31F4N5O4S/c1-5-18-14(15-12-30-33-13-32(38-22(26)27)10-8-16(15)33)11-19(39-18)21(35)31-20-17(7-6-9-25(20,28)29)34(23(36)37)24(2,3)4/h8,10-12,17,20,22H,5-7,9,13H2,1-4H3,(H,31,35)(H,36,37)/t17-,20-/m1/s1. The lowest BCUT2D eigenvalue weighted by Gasteiger charge is -2.47. The van der Waals surface area contributed by atoms with Crippen LogP contribution in [-0.2, 0) is 17.9 Å². The van der Waals surface area contributed by atoms with Crippen molar-refractivity contribution in [1.29, 1.82) is 0 Å². The summed E-state index contributed by atoms with van der Waals surface area (Å²) in [5.41, 5.74) is 0.990. The van der Waals surface area contributed by atoms with E-state index in [9.17, 15) is 23.5 Å². The first kappa shape index (κ1) is 28.9. The minimum atomic E-state index is -3.30. The van der Waals surface area contributed by atoms with Crippen LogP contribution in [0, 0.1) is 0 Å². The van der Waals surface area contributed by atoms with E-state index in [0.29, 0.717) is 23.2 Å². The molecule has 214 valence electrons. The van der Waals surface area contributed by atoms with Gasteiger partial charge in [0.25, 0.3) is 11.8 Å². The van der Waals surface area contributed by atoms with E-state index >= 15 is 8.78 Å². The molecule has 3 heterocycles. The summed E-state index contributed by atoms with van der Waals surface area (Å²) in [7, 11) is 0. The van der Waals surface area contributed by atoms with E-state index in [0.717, 1.165) is 26.2 Å². The highest BCUT2D eigenvalue weighted by molar-refractivity contribution is 7.14. The molecule has 1 fully saturated rings. The van der Waals surface area contributed by atoms with Gasteiger partial charge in [0.05, 0.1) is 22.8 Å². The number of fused-ring (bicyclic) bond motifs is 1. The molecule has 4 rings (SSSR count). The maximum Gasteiger partial charge on any atom is 0.408 e. The average Bonchev–Trinajstić information content (AvgIpc) is 3.43. The van der Waals surface area contributed by atoms with E-state index in [1.54, 1.807) is 39.1 Å². The van der Waals surface area contributed by atoms with Crippen LogP contribution in [0.2, 0.25) is 0 Å². The number of aromatic nitrogens is 2. The summed E-state index contributed by atoms with van der Waals surface area (Å²) in [4.78, 5) is 31.8. The number of nitrogens with one attached hydrogen (secondary N) is 1. The normalized spacial score (nSPS) is 20.7. The molecule has 2 atom stereocenters. The van der Waals surface area contributed by atoms with Gasteiger partial charge in [-0.2, -0.15) is 13.9 Å². The zero-order valence-electron chi connectivity index (χ0n) is 22.0. The third kappa shape index (κ3) is 5.91. The highest BCUT2D eigenvalue weighted by atomic mass is 32.1. The Balaban J connectivity index is 1.62. The van der Waals surface area contributed by atoms with Crippen molar-refractivity contribution in [3.8, 4) is 11.1 Å². The number of carbonyl (C=O) groups is 2. The first-order valence-electron chi connectivity index (χ1n) is 12.5. The number of rotatable bonds is 7. The van der Waals surface area contributed by atoms with E-state index in [1.807, 2.05) is 6.92 Å². The Morgan fingerprint density at radius 2 is 2.05 bits per heavy atom. The monoisotopic (exact) mass is 573 g/mol. The van der Waals surface area contributed by atoms with E-state index < -0.39 is 48.6 Å². The second kappa shape index (κ2) is 10.8. The third-order valence-corrected chi connectivity index (χ3v) is 8.09. The van der Waals surface area contributed by atoms with Crippen molar-refractivity contribution < 1.29 is 37.1 Å². The number of aryl methyl sites for hydroxylation is 1. The van der Waals surface area contributed by atoms with Gasteiger partial charge in [-0.25, -0.2) is 28.2 Å². The summed E-state index contributed by atoms with van der Waals surface area (Å²) in [6.07, 6.45) is 3.55. The lowest BCUT2D eigenvalue weighted by Crippen LogP contribution is -2.66. The summed E-state index contributed by atoms with van der Waals surface area (Å²) in [6, 6.07) is -1.20. The van der Waals surface area contributed by atoms with Crippen LogP contribution in [0.5, 0.6) is 0 Å². The minimum Gasteiger partial charge on any atom is -0.465 e. The zero-order chi connectivity index (χ0) is 28.7. The van der Waals surface area contributed by atoms with Crippen LogP contribution in [0.15, 0.2) is 18.5 Å². The zero-order valence-corrected chi connectivity index (χ0v) is 22.8. The van der Waals surface area contributed by atoms with Crippen LogP contribution in [0.4, 0.5) is 22.4 Å². The van der Waals surface area contributed by atoms with Gasteiger partial charge in [0.2, 0.25) is 0 Å². The summed E-state index contributed by atoms with van der Waals surface area (Å²) >= 11 is 1.15. The molecule has 2 aromatic rings. The second-order valence-electron chi connectivity index (χ2n) is 10.5. The molecule has 2 amide bonds. The van der Waals surface area contributed by atoms with Gasteiger partial charge < -0.3 is 10.4 Å². The molecule has 0 aromatic carbocycles. The van der Waals surface area contributed by atoms with E-state index in [4.69, 9.17) is 0 Å². The molecule has 1 aliphatic carbocycles. The molecule has 1 aliphatic heterocycles. The van der Waals surface area contributed by atoms with Gasteiger partial charge in [-0.05, 0) is 52.2 Å². The summed E-state index contributed by atoms with van der Waals surface area (Å²) in [6.45, 7) is 3.72. The van der Waals surface area contributed by atoms with Crippen molar-refractivity contribution in [3.63, 3.8) is 0 Å². The van der Waals surface area contributed by atoms with Crippen LogP contribution < -0.4 is 5.32 Å². The van der Waals surface area contributed by atoms with Gasteiger partial charge in [-0.1, -0.05) is 6.92 Å². The first-order chi connectivity index (χ1) is 18.2. The number of hydrogen-bond acceptors (Lipinski definition) is 6. The van der Waals surface area contributed by atoms with Crippen LogP contribution in [0.1, 0.15) is 67.2 Å². The van der Waals surface area contributed by atoms with Crippen molar-refractivity contribution >= 4 is 29.4 Å². The fraction of sp³-hybridized carbons (Fsp3) is 0.560. The molecule has 2 aliphatic rings. The van der Waals surface area contributed by atoms with Crippen LogP contribution >= 0.6 is 11.3 Å². The lowest BCUT2D eigenvalue weighted by molar-refractivity contribution is -0.273. The molecule has 2 N–H and O–H groups in total. The predicted octanol–water partition coefficient (Wildman–Crippen LogP) is 5.64. The van der Waals surface area contributed by atoms with E-state index in [2.05, 4.69) is 15.3 Å². The number of amides is 2.